The van der Waals surface area contributed by atoms with Gasteiger partial charge in [0.15, 0.2) is 0 Å². The zero-order valence-corrected chi connectivity index (χ0v) is 35.2. The summed E-state index contributed by atoms with van der Waals surface area (Å²) in [6.45, 7) is 4.30. The van der Waals surface area contributed by atoms with Crippen molar-refractivity contribution in [3.8, 4) is 0 Å². The number of carbonyl (C=O) groups is 1. The van der Waals surface area contributed by atoms with E-state index in [1.165, 1.54) is 16.5 Å². The van der Waals surface area contributed by atoms with Crippen molar-refractivity contribution in [3.05, 3.63) is 49.5 Å². The smallest absolute Gasteiger partial charge is 0.312 e. The van der Waals surface area contributed by atoms with Gasteiger partial charge in [-0.05, 0) is 87.4 Å². The lowest BCUT2D eigenvalue weighted by Crippen LogP contribution is -2.50. The molecule has 192 valence electrons. The molecule has 34 heavy (non-hydrogen) atoms. The van der Waals surface area contributed by atoms with Gasteiger partial charge in [0.2, 0.25) is 0 Å². The van der Waals surface area contributed by atoms with Gasteiger partial charge in [-0.15, -0.1) is 73.8 Å². The minimum Gasteiger partial charge on any atom is -0.469 e. The van der Waals surface area contributed by atoms with E-state index in [2.05, 4.69) is 122 Å². The molecule has 1 saturated heterocycles. The highest BCUT2D eigenvalue weighted by atomic mass is 79.9. The summed E-state index contributed by atoms with van der Waals surface area (Å²) in [5.41, 5.74) is 1.14. The standard InChI is InChI=1S/C11H12BrNO2.C5H5BrS.H14P12/c1-15-11(14)8-6-13(7-8)10-4-2-3-9(12)5-10;1-4-5(6)2-3-7-4;1-8(2)11(7)12(9(3)4)10(5)6/h2-5,8H,6-7H2,1H3;2-3H,1H3;1-7H2. The van der Waals surface area contributed by atoms with Crippen LogP contribution >= 0.6 is 141 Å². The molecule has 1 fully saturated rings. The molecule has 8 atom stereocenters. The molecule has 0 aliphatic carbocycles. The predicted octanol–water partition coefficient (Wildman–Crippen LogP) is 11.5. The SMILES string of the molecule is COC(=O)C1CN(c2cccc(Br)c2)C1.Cc1sccc1Br.PP(P)P(P)P(P(P)P)P(P)P. The molecular weight excluding hydrogens is 802 g/mol. The van der Waals surface area contributed by atoms with E-state index in [-0.39, 0.29) is 46.8 Å². The summed E-state index contributed by atoms with van der Waals surface area (Å²) in [5, 5.41) is 2.07. The topological polar surface area (TPSA) is 29.5 Å². The molecular formula is C16H31Br2NO2P12S. The van der Waals surface area contributed by atoms with E-state index in [1.807, 2.05) is 24.3 Å². The maximum Gasteiger partial charge on any atom is 0.312 e. The highest BCUT2D eigenvalue weighted by Gasteiger charge is 2.33. The molecule has 8 unspecified atom stereocenters. The third-order valence-corrected chi connectivity index (χ3v) is 73.3. The number of hydrogen-bond acceptors (Lipinski definition) is 4. The van der Waals surface area contributed by atoms with Crippen LogP contribution in [0.1, 0.15) is 4.88 Å². The van der Waals surface area contributed by atoms with Gasteiger partial charge >= 0.3 is 5.97 Å². The number of halogens is 2. The number of benzene rings is 1. The Bertz CT molecular complexity index is 863. The predicted molar refractivity (Wildman–Crippen MR) is 201 cm³/mol. The number of aryl methyl sites for hydroxylation is 1. The van der Waals surface area contributed by atoms with Crippen LogP contribution in [0.3, 0.4) is 0 Å². The first kappa shape index (κ1) is 36.3. The molecule has 0 bridgehead atoms. The molecule has 0 radical (unpaired) electrons. The van der Waals surface area contributed by atoms with Gasteiger partial charge in [-0.3, -0.25) is 4.79 Å². The summed E-state index contributed by atoms with van der Waals surface area (Å²) in [5.74, 6) is -0.0739. The number of esters is 1. The molecule has 1 aromatic heterocycles. The molecule has 1 aliphatic rings. The Kier molecular flexibility index (Phi) is 20.8. The quantitative estimate of drug-likeness (QED) is 0.215. The minimum atomic E-state index is -0.110. The Balaban J connectivity index is 0.000000272. The number of thiophene rings is 1. The number of hydrogen-bond donors (Lipinski definition) is 0. The largest absolute Gasteiger partial charge is 0.469 e. The molecule has 0 amide bonds. The van der Waals surface area contributed by atoms with E-state index < -0.39 is 0 Å². The first-order valence-corrected chi connectivity index (χ1v) is 32.7. The van der Waals surface area contributed by atoms with Crippen LogP contribution in [0, 0.1) is 12.8 Å². The fourth-order valence-corrected chi connectivity index (χ4v) is 106. The summed E-state index contributed by atoms with van der Waals surface area (Å²) in [6.07, 6.45) is 0. The van der Waals surface area contributed by atoms with Gasteiger partial charge in [0.05, 0.1) is 13.0 Å². The average Bonchev–Trinajstić information content (AvgIpc) is 3.09. The van der Waals surface area contributed by atoms with E-state index in [0.717, 1.165) is 23.2 Å². The summed E-state index contributed by atoms with van der Waals surface area (Å²) in [6, 6.07) is 10.1. The van der Waals surface area contributed by atoms with Gasteiger partial charge in [0.25, 0.3) is 0 Å². The van der Waals surface area contributed by atoms with Crippen LogP contribution in [-0.2, 0) is 9.53 Å². The van der Waals surface area contributed by atoms with Gasteiger partial charge in [-0.25, -0.2) is 0 Å². The van der Waals surface area contributed by atoms with Crippen molar-refractivity contribution in [2.45, 2.75) is 6.92 Å². The van der Waals surface area contributed by atoms with Crippen molar-refractivity contribution >= 4 is 152 Å². The maximum absolute atomic E-state index is 11.2. The Morgan fingerprint density at radius 3 is 1.94 bits per heavy atom. The lowest BCUT2D eigenvalue weighted by Gasteiger charge is -2.39. The Morgan fingerprint density at radius 1 is 1.03 bits per heavy atom. The first-order chi connectivity index (χ1) is 15.9. The highest BCUT2D eigenvalue weighted by Crippen LogP contribution is 3.16. The summed E-state index contributed by atoms with van der Waals surface area (Å²) < 4.78 is 6.96. The number of nitrogens with zero attached hydrogens (tertiary/aromatic N) is 1. The van der Waals surface area contributed by atoms with Gasteiger partial charge < -0.3 is 9.64 Å². The van der Waals surface area contributed by atoms with Gasteiger partial charge in [0.1, 0.15) is 0 Å². The molecule has 2 aromatic rings. The van der Waals surface area contributed by atoms with Crippen molar-refractivity contribution in [3.63, 3.8) is 0 Å². The van der Waals surface area contributed by atoms with Crippen LogP contribution in [0.4, 0.5) is 5.69 Å². The minimum absolute atomic E-state index is 0.0361. The molecule has 1 aromatic carbocycles. The Labute approximate surface area is 247 Å². The third kappa shape index (κ3) is 13.3. The number of anilines is 1. The molecule has 0 N–H and O–H groups in total. The van der Waals surface area contributed by atoms with Crippen LogP contribution in [0.5, 0.6) is 0 Å². The monoisotopic (exact) mass is 831 g/mol. The molecule has 0 saturated carbocycles. The van der Waals surface area contributed by atoms with E-state index in [0.29, 0.717) is 0 Å². The van der Waals surface area contributed by atoms with E-state index in [4.69, 9.17) is 0 Å². The second-order valence-electron chi connectivity index (χ2n) is 6.66. The summed E-state index contributed by atoms with van der Waals surface area (Å²) in [7, 11) is 22.4. The molecule has 2 heterocycles. The Hall–Kier alpha value is 4.31. The van der Waals surface area contributed by atoms with Crippen LogP contribution < -0.4 is 4.90 Å². The van der Waals surface area contributed by atoms with Crippen LogP contribution in [0.15, 0.2) is 44.7 Å². The van der Waals surface area contributed by atoms with Crippen LogP contribution in [0.2, 0.25) is 0 Å². The molecule has 18 heteroatoms. The van der Waals surface area contributed by atoms with Crippen LogP contribution in [0.25, 0.3) is 0 Å². The zero-order chi connectivity index (χ0) is 26.0. The molecule has 3 rings (SSSR count). The number of ether oxygens (including phenoxy) is 1. The van der Waals surface area contributed by atoms with E-state index >= 15 is 0 Å². The number of methoxy groups -OCH3 is 1. The van der Waals surface area contributed by atoms with Crippen molar-refractivity contribution in [1.82, 2.24) is 0 Å². The maximum atomic E-state index is 11.2. The van der Waals surface area contributed by atoms with E-state index in [9.17, 15) is 4.79 Å². The summed E-state index contributed by atoms with van der Waals surface area (Å²) >= 11 is 8.56. The molecule has 0 spiro atoms. The second-order valence-corrected chi connectivity index (χ2v) is 54.5. The molecule has 3 nitrogen and oxygen atoms in total. The normalized spacial score (nSPS) is 14.4. The number of carbonyl (C=O) groups excluding carboxylic acids is 1. The average molecular weight is 833 g/mol. The van der Waals surface area contributed by atoms with Gasteiger partial charge in [0, 0.05) is 32.6 Å². The zero-order valence-electron chi connectivity index (χ0n) is 18.7. The van der Waals surface area contributed by atoms with Crippen LogP contribution in [-0.4, -0.2) is 26.2 Å². The fourth-order valence-electron chi connectivity index (χ4n) is 2.47. The van der Waals surface area contributed by atoms with Gasteiger partial charge in [-0.1, -0.05) is 22.0 Å². The van der Waals surface area contributed by atoms with Crippen molar-refractivity contribution < 1.29 is 9.53 Å². The van der Waals surface area contributed by atoms with Crippen molar-refractivity contribution in [1.29, 1.82) is 0 Å². The molecule has 1 aliphatic heterocycles. The number of rotatable bonds is 6. The lowest BCUT2D eigenvalue weighted by molar-refractivity contribution is -0.146. The summed E-state index contributed by atoms with van der Waals surface area (Å²) in [4.78, 5) is 14.7. The third-order valence-electron chi connectivity index (χ3n) is 4.22. The highest BCUT2D eigenvalue weighted by molar-refractivity contribution is 9.21. The lowest BCUT2D eigenvalue weighted by atomic mass is 9.99. The van der Waals surface area contributed by atoms with E-state index in [1.54, 1.807) is 11.3 Å². The van der Waals surface area contributed by atoms with Crippen molar-refractivity contribution in [2.24, 2.45) is 5.92 Å². The first-order valence-electron chi connectivity index (χ1n) is 9.40. The fraction of sp³-hybridized carbons (Fsp3) is 0.312. The second kappa shape index (κ2) is 19.4. The Morgan fingerprint density at radius 2 is 1.62 bits per heavy atom. The van der Waals surface area contributed by atoms with Gasteiger partial charge in [-0.2, -0.15) is 0 Å². The van der Waals surface area contributed by atoms with Crippen molar-refractivity contribution in [2.75, 3.05) is 25.1 Å².